The number of alkyl halides is 2. The molecule has 2 atom stereocenters. The van der Waals surface area contributed by atoms with Gasteiger partial charge in [0.1, 0.15) is 5.60 Å². The molecule has 0 aromatic carbocycles. The summed E-state index contributed by atoms with van der Waals surface area (Å²) in [6, 6.07) is 0.317. The monoisotopic (exact) mass is 566 g/mol. The molecule has 24 heavy (non-hydrogen) atoms. The molecule has 0 aromatic rings. The third-order valence-corrected chi connectivity index (χ3v) is 6.16. The van der Waals surface area contributed by atoms with E-state index in [4.69, 9.17) is 9.47 Å². The third-order valence-electron chi connectivity index (χ3n) is 3.59. The van der Waals surface area contributed by atoms with Crippen molar-refractivity contribution in [2.24, 2.45) is 5.92 Å². The molecule has 6 nitrogen and oxygen atoms in total. The second kappa shape index (κ2) is 10.3. The van der Waals surface area contributed by atoms with Gasteiger partial charge < -0.3 is 20.1 Å². The van der Waals surface area contributed by atoms with E-state index in [0.717, 1.165) is 12.8 Å². The van der Waals surface area contributed by atoms with E-state index in [1.807, 2.05) is 27.7 Å². The zero-order chi connectivity index (χ0) is 18.3. The average Bonchev–Trinajstić information content (AvgIpc) is 2.43. The van der Waals surface area contributed by atoms with Crippen molar-refractivity contribution >= 4 is 57.2 Å². The second-order valence-electron chi connectivity index (χ2n) is 6.86. The number of ether oxygens (including phenoxy) is 2. The summed E-state index contributed by atoms with van der Waals surface area (Å²) in [7, 11) is 0. The first kappa shape index (κ1) is 22.2. The normalized spacial score (nSPS) is 27.4. The highest BCUT2D eigenvalue weighted by Crippen LogP contribution is 2.34. The molecule has 1 rings (SSSR count). The van der Waals surface area contributed by atoms with Crippen LogP contribution in [0, 0.1) is 5.92 Å². The minimum atomic E-state index is -0.483. The zero-order valence-electron chi connectivity index (χ0n) is 14.7. The van der Waals surface area contributed by atoms with Crippen LogP contribution in [0.25, 0.3) is 0 Å². The number of carbonyl (C=O) groups excluding carboxylic acids is 2. The van der Waals surface area contributed by atoms with Crippen LogP contribution in [0.15, 0.2) is 0 Å². The van der Waals surface area contributed by atoms with Gasteiger partial charge in [-0.05, 0) is 40.5 Å². The van der Waals surface area contributed by atoms with Crippen molar-refractivity contribution in [3.63, 3.8) is 0 Å². The number of esters is 1. The van der Waals surface area contributed by atoms with Gasteiger partial charge in [-0.15, -0.1) is 0 Å². The molecule has 1 aliphatic carbocycles. The van der Waals surface area contributed by atoms with Gasteiger partial charge in [0.2, 0.25) is 0 Å². The second-order valence-corrected chi connectivity index (χ2v) is 10.1. The number of alkyl carbamates (subject to hydrolysis) is 1. The van der Waals surface area contributed by atoms with E-state index in [-0.39, 0.29) is 11.9 Å². The van der Waals surface area contributed by atoms with Crippen LogP contribution in [0.3, 0.4) is 0 Å². The Morgan fingerprint density at radius 1 is 1.12 bits per heavy atom. The Kier molecular flexibility index (Phi) is 9.57. The predicted molar refractivity (Wildman–Crippen MR) is 111 cm³/mol. The lowest BCUT2D eigenvalue weighted by molar-refractivity contribution is -0.148. The summed E-state index contributed by atoms with van der Waals surface area (Å²) in [5.41, 5.74) is -0.483. The van der Waals surface area contributed by atoms with Gasteiger partial charge >= 0.3 is 12.1 Å². The Bertz CT molecular complexity index is 417. The maximum atomic E-state index is 11.9. The van der Waals surface area contributed by atoms with E-state index in [1.165, 1.54) is 0 Å². The molecule has 0 bridgehead atoms. The molecule has 8 heteroatoms. The fraction of sp³-hybridized carbons (Fsp3) is 0.875. The van der Waals surface area contributed by atoms with Crippen LogP contribution in [0.2, 0.25) is 0 Å². The van der Waals surface area contributed by atoms with Crippen LogP contribution < -0.4 is 10.6 Å². The van der Waals surface area contributed by atoms with E-state index >= 15 is 0 Å². The van der Waals surface area contributed by atoms with Gasteiger partial charge in [0, 0.05) is 27.0 Å². The van der Waals surface area contributed by atoms with Crippen molar-refractivity contribution in [2.45, 2.75) is 60.0 Å². The van der Waals surface area contributed by atoms with Crippen LogP contribution in [0.4, 0.5) is 4.79 Å². The number of carbonyl (C=O) groups is 2. The minimum absolute atomic E-state index is 0.00770. The number of nitrogens with one attached hydrogen (secondary N) is 2. The van der Waals surface area contributed by atoms with Gasteiger partial charge in [-0.1, -0.05) is 45.2 Å². The topological polar surface area (TPSA) is 76.7 Å². The number of rotatable bonds is 6. The maximum Gasteiger partial charge on any atom is 0.407 e. The molecule has 1 amide bonds. The Morgan fingerprint density at radius 2 is 1.71 bits per heavy atom. The first-order valence-electron chi connectivity index (χ1n) is 8.29. The molecule has 1 fully saturated rings. The first-order valence-corrected chi connectivity index (χ1v) is 10.8. The summed E-state index contributed by atoms with van der Waals surface area (Å²) >= 11 is 4.81. The molecule has 0 saturated heterocycles. The third kappa shape index (κ3) is 8.03. The maximum absolute atomic E-state index is 11.9. The van der Waals surface area contributed by atoms with E-state index in [1.54, 1.807) is 0 Å². The Morgan fingerprint density at radius 3 is 2.21 bits per heavy atom. The number of hydrogen-bond donors (Lipinski definition) is 2. The summed E-state index contributed by atoms with van der Waals surface area (Å²) in [5.74, 6) is -0.0856. The van der Waals surface area contributed by atoms with Crippen LogP contribution in [-0.4, -0.2) is 51.3 Å². The van der Waals surface area contributed by atoms with Crippen molar-refractivity contribution < 1.29 is 19.1 Å². The fourth-order valence-corrected chi connectivity index (χ4v) is 6.12. The van der Waals surface area contributed by atoms with Crippen LogP contribution in [0.5, 0.6) is 0 Å². The highest BCUT2D eigenvalue weighted by molar-refractivity contribution is 14.1. The van der Waals surface area contributed by atoms with Crippen molar-refractivity contribution in [2.75, 3.05) is 19.7 Å². The summed E-state index contributed by atoms with van der Waals surface area (Å²) in [6.07, 6.45) is 1.26. The zero-order valence-corrected chi connectivity index (χ0v) is 19.0. The van der Waals surface area contributed by atoms with Gasteiger partial charge in [-0.2, -0.15) is 0 Å². The molecular weight excluding hydrogens is 538 g/mol. The quantitative estimate of drug-likeness (QED) is 0.224. The fourth-order valence-electron chi connectivity index (χ4n) is 2.59. The van der Waals surface area contributed by atoms with Crippen molar-refractivity contribution in [1.29, 1.82) is 0 Å². The van der Waals surface area contributed by atoms with Crippen molar-refractivity contribution in [3.8, 4) is 0 Å². The molecule has 0 aromatic heterocycles. The van der Waals surface area contributed by atoms with E-state index in [2.05, 4.69) is 55.8 Å². The lowest BCUT2D eigenvalue weighted by Gasteiger charge is -2.36. The molecule has 0 radical (unpaired) electrons. The minimum Gasteiger partial charge on any atom is -0.466 e. The van der Waals surface area contributed by atoms with Gasteiger partial charge in [-0.25, -0.2) is 4.79 Å². The Hall–Kier alpha value is 0.160. The highest BCUT2D eigenvalue weighted by Gasteiger charge is 2.38. The summed E-state index contributed by atoms with van der Waals surface area (Å²) < 4.78 is 11.1. The summed E-state index contributed by atoms with van der Waals surface area (Å²) in [6.45, 7) is 8.99. The Balaban J connectivity index is 2.33. The molecule has 2 unspecified atom stereocenters. The van der Waals surface area contributed by atoms with Gasteiger partial charge in [0.15, 0.2) is 0 Å². The molecule has 1 saturated carbocycles. The summed E-state index contributed by atoms with van der Waals surface area (Å²) in [4.78, 5) is 23.5. The number of halogens is 2. The lowest BCUT2D eigenvalue weighted by Crippen LogP contribution is -2.51. The van der Waals surface area contributed by atoms with Gasteiger partial charge in [0.05, 0.1) is 12.5 Å². The van der Waals surface area contributed by atoms with Gasteiger partial charge in [-0.3, -0.25) is 4.79 Å². The largest absolute Gasteiger partial charge is 0.466 e. The molecule has 0 aliphatic heterocycles. The smallest absolute Gasteiger partial charge is 0.407 e. The molecule has 140 valence electrons. The van der Waals surface area contributed by atoms with Crippen molar-refractivity contribution in [3.05, 3.63) is 0 Å². The summed E-state index contributed by atoms with van der Waals surface area (Å²) in [5, 5.41) is 6.24. The standard InChI is InChI=1S/C16H28I2N2O4/c1-5-23-14(21)10-8-11(17)13(12(18)9-10)19-6-7-20-15(22)24-16(2,3)4/h10-13,19H,5-9H2,1-4H3,(H,20,22). The Labute approximate surface area is 171 Å². The van der Waals surface area contributed by atoms with E-state index < -0.39 is 11.7 Å². The lowest BCUT2D eigenvalue weighted by atomic mass is 9.86. The number of hydrogen-bond acceptors (Lipinski definition) is 5. The molecule has 1 aliphatic rings. The average molecular weight is 566 g/mol. The van der Waals surface area contributed by atoms with E-state index in [9.17, 15) is 9.59 Å². The SMILES string of the molecule is CCOC(=O)C1CC(I)C(NCCNC(=O)OC(C)(C)C)C(I)C1. The van der Waals surface area contributed by atoms with Crippen LogP contribution in [0.1, 0.15) is 40.5 Å². The molecule has 0 spiro atoms. The first-order chi connectivity index (χ1) is 11.1. The van der Waals surface area contributed by atoms with E-state index in [0.29, 0.717) is 33.6 Å². The molecular formula is C16H28I2N2O4. The van der Waals surface area contributed by atoms with Crippen LogP contribution >= 0.6 is 45.2 Å². The molecule has 2 N–H and O–H groups in total. The predicted octanol–water partition coefficient (Wildman–Crippen LogP) is 3.05. The van der Waals surface area contributed by atoms with Crippen LogP contribution in [-0.2, 0) is 14.3 Å². The molecule has 0 heterocycles. The van der Waals surface area contributed by atoms with Crippen molar-refractivity contribution in [1.82, 2.24) is 10.6 Å². The number of amides is 1. The highest BCUT2D eigenvalue weighted by atomic mass is 127. The van der Waals surface area contributed by atoms with Gasteiger partial charge in [0.25, 0.3) is 0 Å².